The van der Waals surface area contributed by atoms with Crippen LogP contribution in [0, 0.1) is 17.3 Å². The van der Waals surface area contributed by atoms with Gasteiger partial charge in [0, 0.05) is 44.6 Å². The lowest BCUT2D eigenvalue weighted by atomic mass is 9.76. The summed E-state index contributed by atoms with van der Waals surface area (Å²) in [6.07, 6.45) is 8.65. The molecule has 2 aromatic rings. The molecule has 1 spiro atoms. The zero-order valence-electron chi connectivity index (χ0n) is 24.1. The molecule has 0 N–H and O–H groups in total. The average molecular weight is 544 g/mol. The normalized spacial score (nSPS) is 25.6. The predicted octanol–water partition coefficient (Wildman–Crippen LogP) is 5.33. The molecule has 0 radical (unpaired) electrons. The Kier molecular flexibility index (Phi) is 8.15. The van der Waals surface area contributed by atoms with E-state index >= 15 is 0 Å². The van der Waals surface area contributed by atoms with Crippen LogP contribution in [0.4, 0.5) is 0 Å². The number of methoxy groups -OCH3 is 1. The van der Waals surface area contributed by atoms with Gasteiger partial charge in [0.2, 0.25) is 11.8 Å². The van der Waals surface area contributed by atoms with Crippen molar-refractivity contribution in [3.63, 3.8) is 0 Å². The van der Waals surface area contributed by atoms with Gasteiger partial charge in [0.15, 0.2) is 0 Å². The minimum absolute atomic E-state index is 0.194. The number of hydrogen-bond donors (Lipinski definition) is 0. The summed E-state index contributed by atoms with van der Waals surface area (Å²) < 4.78 is 5.28. The molecule has 4 fully saturated rings. The molecule has 6 heteroatoms. The topological polar surface area (TPSA) is 53.1 Å². The number of piperidine rings is 1. The number of nitrogens with zero attached hydrogens (tertiary/aromatic N) is 3. The molecule has 40 heavy (non-hydrogen) atoms. The van der Waals surface area contributed by atoms with Crippen molar-refractivity contribution in [3.05, 3.63) is 65.7 Å². The summed E-state index contributed by atoms with van der Waals surface area (Å²) in [6.45, 7) is 6.19. The second kappa shape index (κ2) is 11.9. The first-order chi connectivity index (χ1) is 19.5. The van der Waals surface area contributed by atoms with Crippen molar-refractivity contribution >= 4 is 11.8 Å². The highest BCUT2D eigenvalue weighted by atomic mass is 16.5. The zero-order valence-corrected chi connectivity index (χ0v) is 24.1. The molecule has 6 nitrogen and oxygen atoms in total. The maximum absolute atomic E-state index is 13.6. The number of carbonyl (C=O) groups excluding carboxylic acids is 2. The Morgan fingerprint density at radius 1 is 0.900 bits per heavy atom. The fraction of sp³-hybridized carbons (Fsp3) is 0.588. The van der Waals surface area contributed by atoms with Gasteiger partial charge in [0.05, 0.1) is 12.5 Å². The van der Waals surface area contributed by atoms with E-state index in [0.717, 1.165) is 82.7 Å². The van der Waals surface area contributed by atoms with E-state index in [1.807, 2.05) is 12.1 Å². The number of ether oxygens (including phenoxy) is 1. The van der Waals surface area contributed by atoms with Crippen molar-refractivity contribution < 1.29 is 14.3 Å². The fourth-order valence-electron chi connectivity index (χ4n) is 7.88. The Hall–Kier alpha value is -2.86. The van der Waals surface area contributed by atoms with Gasteiger partial charge in [-0.2, -0.15) is 0 Å². The van der Waals surface area contributed by atoms with E-state index in [-0.39, 0.29) is 11.3 Å². The molecule has 3 saturated heterocycles. The van der Waals surface area contributed by atoms with Crippen molar-refractivity contribution in [2.45, 2.75) is 63.8 Å². The van der Waals surface area contributed by atoms with Gasteiger partial charge in [-0.1, -0.05) is 61.7 Å². The molecule has 3 heterocycles. The summed E-state index contributed by atoms with van der Waals surface area (Å²) in [4.78, 5) is 33.9. The summed E-state index contributed by atoms with van der Waals surface area (Å²) in [6, 6.07) is 18.9. The highest BCUT2D eigenvalue weighted by Gasteiger charge is 2.48. The standard InChI is InChI=1S/C34H45N3O3/c1-40-30-14-12-26(13-15-30)22-36-21-18-34(33(36)39)16-19-35(20-17-34)23-29-24-37(32(38)28-10-6-3-7-11-28)25-31(29)27-8-4-2-5-9-27/h2,4-5,8-9,12-15,28-29,31H,3,6-7,10-11,16-25H2,1H3. The molecule has 1 aliphatic carbocycles. The Balaban J connectivity index is 1.07. The van der Waals surface area contributed by atoms with Crippen LogP contribution in [0.2, 0.25) is 0 Å². The van der Waals surface area contributed by atoms with Crippen molar-refractivity contribution in [2.75, 3.05) is 46.4 Å². The van der Waals surface area contributed by atoms with Crippen LogP contribution >= 0.6 is 0 Å². The van der Waals surface area contributed by atoms with E-state index in [4.69, 9.17) is 4.74 Å². The van der Waals surface area contributed by atoms with E-state index in [2.05, 4.69) is 57.2 Å². The Morgan fingerprint density at radius 3 is 2.30 bits per heavy atom. The van der Waals surface area contributed by atoms with Crippen LogP contribution in [0.1, 0.15) is 68.4 Å². The van der Waals surface area contributed by atoms with Gasteiger partial charge in [-0.05, 0) is 74.4 Å². The summed E-state index contributed by atoms with van der Waals surface area (Å²) in [5, 5.41) is 0. The van der Waals surface area contributed by atoms with Crippen LogP contribution in [-0.2, 0) is 16.1 Å². The van der Waals surface area contributed by atoms with Crippen LogP contribution in [-0.4, -0.2) is 72.9 Å². The fourth-order valence-corrected chi connectivity index (χ4v) is 7.88. The van der Waals surface area contributed by atoms with Gasteiger partial charge in [-0.25, -0.2) is 0 Å². The van der Waals surface area contributed by atoms with Gasteiger partial charge in [-0.3, -0.25) is 9.59 Å². The lowest BCUT2D eigenvalue weighted by Gasteiger charge is -2.39. The van der Waals surface area contributed by atoms with Crippen LogP contribution in [0.5, 0.6) is 5.75 Å². The molecule has 0 aromatic heterocycles. The molecule has 2 aromatic carbocycles. The van der Waals surface area contributed by atoms with Gasteiger partial charge in [0.25, 0.3) is 0 Å². The molecule has 2 atom stereocenters. The molecule has 214 valence electrons. The van der Waals surface area contributed by atoms with Crippen molar-refractivity contribution in [1.29, 1.82) is 0 Å². The Bertz CT molecular complexity index is 1150. The lowest BCUT2D eigenvalue weighted by molar-refractivity contribution is -0.139. The van der Waals surface area contributed by atoms with Crippen LogP contribution in [0.15, 0.2) is 54.6 Å². The molecule has 4 aliphatic rings. The first-order valence-electron chi connectivity index (χ1n) is 15.5. The highest BCUT2D eigenvalue weighted by Crippen LogP contribution is 2.43. The molecule has 6 rings (SSSR count). The third-order valence-electron chi connectivity index (χ3n) is 10.4. The summed E-state index contributed by atoms with van der Waals surface area (Å²) >= 11 is 0. The van der Waals surface area contributed by atoms with Crippen molar-refractivity contribution in [1.82, 2.24) is 14.7 Å². The largest absolute Gasteiger partial charge is 0.497 e. The second-order valence-corrected chi connectivity index (χ2v) is 12.8. The first kappa shape index (κ1) is 27.3. The molecule has 1 saturated carbocycles. The third-order valence-corrected chi connectivity index (χ3v) is 10.4. The summed E-state index contributed by atoms with van der Waals surface area (Å²) in [5.41, 5.74) is 2.32. The van der Waals surface area contributed by atoms with Crippen molar-refractivity contribution in [3.8, 4) is 5.75 Å². The number of likely N-dealkylation sites (tertiary alicyclic amines) is 3. The van der Waals surface area contributed by atoms with Crippen molar-refractivity contribution in [2.24, 2.45) is 17.3 Å². The maximum Gasteiger partial charge on any atom is 0.229 e. The lowest BCUT2D eigenvalue weighted by Crippen LogP contribution is -2.46. The predicted molar refractivity (Wildman–Crippen MR) is 157 cm³/mol. The van der Waals surface area contributed by atoms with Gasteiger partial charge < -0.3 is 19.4 Å². The van der Waals surface area contributed by atoms with E-state index in [9.17, 15) is 9.59 Å². The minimum atomic E-state index is -0.194. The van der Waals surface area contributed by atoms with E-state index in [1.165, 1.54) is 24.8 Å². The summed E-state index contributed by atoms with van der Waals surface area (Å²) in [7, 11) is 1.68. The number of rotatable bonds is 7. The van der Waals surface area contributed by atoms with Gasteiger partial charge >= 0.3 is 0 Å². The number of carbonyl (C=O) groups is 2. The maximum atomic E-state index is 13.6. The van der Waals surface area contributed by atoms with E-state index in [0.29, 0.717) is 30.2 Å². The van der Waals surface area contributed by atoms with Gasteiger partial charge in [0.1, 0.15) is 5.75 Å². The molecular weight excluding hydrogens is 498 g/mol. The number of benzene rings is 2. The van der Waals surface area contributed by atoms with Crippen LogP contribution in [0.25, 0.3) is 0 Å². The molecule has 0 bridgehead atoms. The van der Waals surface area contributed by atoms with E-state index in [1.54, 1.807) is 7.11 Å². The van der Waals surface area contributed by atoms with Crippen LogP contribution in [0.3, 0.4) is 0 Å². The smallest absolute Gasteiger partial charge is 0.229 e. The second-order valence-electron chi connectivity index (χ2n) is 12.8. The van der Waals surface area contributed by atoms with Gasteiger partial charge in [-0.15, -0.1) is 0 Å². The van der Waals surface area contributed by atoms with Crippen LogP contribution < -0.4 is 4.74 Å². The molecule has 2 unspecified atom stereocenters. The number of amides is 2. The molecular formula is C34H45N3O3. The quantitative estimate of drug-likeness (QED) is 0.474. The first-order valence-corrected chi connectivity index (χ1v) is 15.5. The SMILES string of the molecule is COc1ccc(CN2CCC3(CCN(CC4CN(C(=O)C5CCCCC5)CC4c4ccccc4)CC3)C2=O)cc1. The third kappa shape index (κ3) is 5.65. The molecule has 3 aliphatic heterocycles. The summed E-state index contributed by atoms with van der Waals surface area (Å²) in [5.74, 6) is 2.64. The average Bonchev–Trinajstić information content (AvgIpc) is 3.56. The Morgan fingerprint density at radius 2 is 1.60 bits per heavy atom. The minimum Gasteiger partial charge on any atom is -0.497 e. The highest BCUT2D eigenvalue weighted by molar-refractivity contribution is 5.85. The monoisotopic (exact) mass is 543 g/mol. The zero-order chi connectivity index (χ0) is 27.5. The van der Waals surface area contributed by atoms with E-state index < -0.39 is 0 Å². The molecule has 2 amide bonds. The Labute approximate surface area is 239 Å². The number of hydrogen-bond acceptors (Lipinski definition) is 4.